The molecule has 1 aromatic carbocycles. The van der Waals surface area contributed by atoms with Crippen LogP contribution in [0.1, 0.15) is 42.1 Å². The maximum atomic E-state index is 9.05. The minimum Gasteiger partial charge on any atom is -0.340 e. The summed E-state index contributed by atoms with van der Waals surface area (Å²) < 4.78 is 5.06. The number of hydrogen-bond acceptors (Lipinski definition) is 6. The first kappa shape index (κ1) is 17.6. The Morgan fingerprint density at radius 1 is 1.36 bits per heavy atom. The molecular formula is C19H25N5O. The van der Waals surface area contributed by atoms with Crippen molar-refractivity contribution in [2.45, 2.75) is 45.3 Å². The summed E-state index contributed by atoms with van der Waals surface area (Å²) in [6, 6.07) is 10.7. The van der Waals surface area contributed by atoms with Crippen LogP contribution in [-0.2, 0) is 13.1 Å². The summed E-state index contributed by atoms with van der Waals surface area (Å²) >= 11 is 0. The molecule has 3 rings (SSSR count). The van der Waals surface area contributed by atoms with Crippen LogP contribution in [0.15, 0.2) is 28.8 Å². The standard InChI is InChI=1S/C19H25N5O/c1-15-21-19(22-25-15)14-23(2)18-7-4-9-24(10-8-18)13-17-6-3-5-16(11-17)12-20/h3,5-6,11,18H,4,7-10,13-14H2,1-2H3/t18-/m1/s1. The minimum absolute atomic E-state index is 0.536. The topological polar surface area (TPSA) is 69.2 Å². The van der Waals surface area contributed by atoms with Gasteiger partial charge in [-0.05, 0) is 57.1 Å². The fourth-order valence-electron chi connectivity index (χ4n) is 3.49. The number of likely N-dealkylation sites (tertiary alicyclic amines) is 1. The summed E-state index contributed by atoms with van der Waals surface area (Å²) in [7, 11) is 2.14. The Hall–Kier alpha value is -2.23. The van der Waals surface area contributed by atoms with Crippen LogP contribution in [-0.4, -0.2) is 46.1 Å². The van der Waals surface area contributed by atoms with Crippen molar-refractivity contribution in [3.8, 4) is 6.07 Å². The fourth-order valence-corrected chi connectivity index (χ4v) is 3.49. The van der Waals surface area contributed by atoms with Gasteiger partial charge in [0.05, 0.1) is 18.2 Å². The Bertz CT molecular complexity index is 735. The first-order valence-corrected chi connectivity index (χ1v) is 8.85. The van der Waals surface area contributed by atoms with Crippen molar-refractivity contribution in [1.29, 1.82) is 5.26 Å². The van der Waals surface area contributed by atoms with Gasteiger partial charge in [-0.15, -0.1) is 0 Å². The first-order chi connectivity index (χ1) is 12.1. The molecule has 0 aliphatic carbocycles. The quantitative estimate of drug-likeness (QED) is 0.834. The van der Waals surface area contributed by atoms with Crippen LogP contribution >= 0.6 is 0 Å². The summed E-state index contributed by atoms with van der Waals surface area (Å²) in [5.41, 5.74) is 1.95. The van der Waals surface area contributed by atoms with E-state index in [-0.39, 0.29) is 0 Å². The van der Waals surface area contributed by atoms with E-state index in [0.29, 0.717) is 11.9 Å². The van der Waals surface area contributed by atoms with Gasteiger partial charge in [0.15, 0.2) is 5.82 Å². The normalized spacial score (nSPS) is 18.9. The molecule has 1 saturated heterocycles. The van der Waals surface area contributed by atoms with E-state index < -0.39 is 0 Å². The Balaban J connectivity index is 1.53. The molecule has 0 saturated carbocycles. The van der Waals surface area contributed by atoms with E-state index in [4.69, 9.17) is 9.78 Å². The molecule has 2 aromatic rings. The number of aromatic nitrogens is 2. The molecule has 0 N–H and O–H groups in total. The van der Waals surface area contributed by atoms with Gasteiger partial charge in [-0.25, -0.2) is 0 Å². The van der Waals surface area contributed by atoms with Gasteiger partial charge in [-0.2, -0.15) is 10.2 Å². The van der Waals surface area contributed by atoms with Crippen molar-refractivity contribution in [3.05, 3.63) is 47.1 Å². The largest absolute Gasteiger partial charge is 0.340 e. The highest BCUT2D eigenvalue weighted by atomic mass is 16.5. The van der Waals surface area contributed by atoms with E-state index in [2.05, 4.69) is 39.1 Å². The lowest BCUT2D eigenvalue weighted by atomic mass is 10.1. The van der Waals surface area contributed by atoms with E-state index in [9.17, 15) is 0 Å². The highest BCUT2D eigenvalue weighted by Gasteiger charge is 2.21. The zero-order chi connectivity index (χ0) is 17.6. The number of nitrogens with zero attached hydrogens (tertiary/aromatic N) is 5. The van der Waals surface area contributed by atoms with E-state index in [1.54, 1.807) is 0 Å². The average molecular weight is 339 g/mol. The lowest BCUT2D eigenvalue weighted by Gasteiger charge is -2.26. The first-order valence-electron chi connectivity index (χ1n) is 8.85. The van der Waals surface area contributed by atoms with E-state index >= 15 is 0 Å². The van der Waals surface area contributed by atoms with Crippen molar-refractivity contribution in [3.63, 3.8) is 0 Å². The molecule has 0 bridgehead atoms. The number of nitriles is 1. The molecule has 1 aromatic heterocycles. The van der Waals surface area contributed by atoms with Crippen LogP contribution in [0.3, 0.4) is 0 Å². The summed E-state index contributed by atoms with van der Waals surface area (Å²) in [6.07, 6.45) is 3.49. The molecule has 1 fully saturated rings. The van der Waals surface area contributed by atoms with Crippen LogP contribution in [0.4, 0.5) is 0 Å². The zero-order valence-corrected chi connectivity index (χ0v) is 15.0. The molecule has 0 amide bonds. The average Bonchev–Trinajstić information content (AvgIpc) is 2.88. The molecule has 1 aliphatic rings. The molecule has 132 valence electrons. The molecule has 25 heavy (non-hydrogen) atoms. The van der Waals surface area contributed by atoms with Crippen LogP contribution in [0.25, 0.3) is 0 Å². The lowest BCUT2D eigenvalue weighted by Crippen LogP contribution is -2.33. The third kappa shape index (κ3) is 4.88. The van der Waals surface area contributed by atoms with Crippen LogP contribution in [0, 0.1) is 18.3 Å². The maximum Gasteiger partial charge on any atom is 0.223 e. The van der Waals surface area contributed by atoms with Gasteiger partial charge in [-0.3, -0.25) is 9.80 Å². The van der Waals surface area contributed by atoms with Gasteiger partial charge < -0.3 is 4.52 Å². The fraction of sp³-hybridized carbons (Fsp3) is 0.526. The lowest BCUT2D eigenvalue weighted by molar-refractivity contribution is 0.200. The van der Waals surface area contributed by atoms with E-state index in [1.165, 1.54) is 18.4 Å². The summed E-state index contributed by atoms with van der Waals surface area (Å²) in [5.74, 6) is 1.38. The third-order valence-corrected chi connectivity index (χ3v) is 4.84. The van der Waals surface area contributed by atoms with Crippen molar-refractivity contribution in [2.24, 2.45) is 0 Å². The molecule has 1 aliphatic heterocycles. The second-order valence-electron chi connectivity index (χ2n) is 6.82. The van der Waals surface area contributed by atoms with Crippen LogP contribution < -0.4 is 0 Å². The second-order valence-corrected chi connectivity index (χ2v) is 6.82. The minimum atomic E-state index is 0.536. The molecule has 6 nitrogen and oxygen atoms in total. The summed E-state index contributed by atoms with van der Waals surface area (Å²) in [6.45, 7) is 5.63. The highest BCUT2D eigenvalue weighted by molar-refractivity contribution is 5.32. The number of aryl methyl sites for hydroxylation is 1. The predicted octanol–water partition coefficient (Wildman–Crippen LogP) is 2.74. The summed E-state index contributed by atoms with van der Waals surface area (Å²) in [4.78, 5) is 9.13. The maximum absolute atomic E-state index is 9.05. The number of rotatable bonds is 5. The van der Waals surface area contributed by atoms with Crippen molar-refractivity contribution >= 4 is 0 Å². The molecule has 6 heteroatoms. The van der Waals surface area contributed by atoms with Gasteiger partial charge in [0.2, 0.25) is 5.89 Å². The van der Waals surface area contributed by atoms with Crippen LogP contribution in [0.5, 0.6) is 0 Å². The molecule has 1 atom stereocenters. The Labute approximate surface area is 149 Å². The van der Waals surface area contributed by atoms with Gasteiger partial charge in [-0.1, -0.05) is 17.3 Å². The number of benzene rings is 1. The highest BCUT2D eigenvalue weighted by Crippen LogP contribution is 2.19. The molecule has 0 spiro atoms. The molecular weight excluding hydrogens is 314 g/mol. The molecule has 0 radical (unpaired) electrons. The number of hydrogen-bond donors (Lipinski definition) is 0. The van der Waals surface area contributed by atoms with Crippen LogP contribution in [0.2, 0.25) is 0 Å². The van der Waals surface area contributed by atoms with Gasteiger partial charge in [0.25, 0.3) is 0 Å². The van der Waals surface area contributed by atoms with Gasteiger partial charge in [0.1, 0.15) is 0 Å². The Kier molecular flexibility index (Phi) is 5.79. The smallest absolute Gasteiger partial charge is 0.223 e. The van der Waals surface area contributed by atoms with E-state index in [1.807, 2.05) is 25.1 Å². The van der Waals surface area contributed by atoms with Crippen molar-refractivity contribution in [1.82, 2.24) is 19.9 Å². The van der Waals surface area contributed by atoms with Gasteiger partial charge >= 0.3 is 0 Å². The molecule has 2 heterocycles. The SMILES string of the molecule is Cc1nc(CN(C)[C@@H]2CCCN(Cc3cccc(C#N)c3)CC2)no1. The van der Waals surface area contributed by atoms with Crippen molar-refractivity contribution < 1.29 is 4.52 Å². The summed E-state index contributed by atoms with van der Waals surface area (Å²) in [5, 5.41) is 13.0. The predicted molar refractivity (Wildman–Crippen MR) is 94.6 cm³/mol. The Morgan fingerprint density at radius 2 is 2.24 bits per heavy atom. The third-order valence-electron chi connectivity index (χ3n) is 4.84. The Morgan fingerprint density at radius 3 is 3.00 bits per heavy atom. The van der Waals surface area contributed by atoms with Gasteiger partial charge in [0, 0.05) is 19.5 Å². The second kappa shape index (κ2) is 8.24. The monoisotopic (exact) mass is 339 g/mol. The molecule has 0 unspecified atom stereocenters. The zero-order valence-electron chi connectivity index (χ0n) is 15.0. The van der Waals surface area contributed by atoms with E-state index in [0.717, 1.165) is 44.0 Å². The van der Waals surface area contributed by atoms with Crippen molar-refractivity contribution in [2.75, 3.05) is 20.1 Å².